The van der Waals surface area contributed by atoms with Crippen molar-refractivity contribution >= 4 is 9.84 Å². The van der Waals surface area contributed by atoms with E-state index in [0.717, 1.165) is 24.1 Å². The van der Waals surface area contributed by atoms with Gasteiger partial charge in [-0.15, -0.1) is 0 Å². The van der Waals surface area contributed by atoms with Crippen molar-refractivity contribution in [2.75, 3.05) is 12.8 Å². The number of benzene rings is 1. The van der Waals surface area contributed by atoms with E-state index in [1.165, 1.54) is 6.26 Å². The molecular weight excluding hydrogens is 284 g/mol. The summed E-state index contributed by atoms with van der Waals surface area (Å²) >= 11 is 0. The standard InChI is InChI=1S/C16H20N2O2S/c1-3-9-18-16(14-7-5-10-17-12-14)13-6-4-8-15(11-13)21(2,19)20/h4-8,10-12,16,18H,3,9H2,1-2H3. The number of nitrogens with zero attached hydrogens (tertiary/aromatic N) is 1. The molecule has 21 heavy (non-hydrogen) atoms. The Balaban J connectivity index is 2.42. The highest BCUT2D eigenvalue weighted by Gasteiger charge is 2.16. The first-order valence-electron chi connectivity index (χ1n) is 6.95. The molecule has 2 aromatic rings. The predicted octanol–water partition coefficient (Wildman–Crippen LogP) is 2.57. The van der Waals surface area contributed by atoms with Crippen molar-refractivity contribution in [3.8, 4) is 0 Å². The molecule has 1 aromatic heterocycles. The van der Waals surface area contributed by atoms with Crippen LogP contribution in [-0.2, 0) is 9.84 Å². The van der Waals surface area contributed by atoms with Crippen molar-refractivity contribution in [1.82, 2.24) is 10.3 Å². The van der Waals surface area contributed by atoms with Crippen LogP contribution in [0.5, 0.6) is 0 Å². The van der Waals surface area contributed by atoms with Gasteiger partial charge < -0.3 is 5.32 Å². The maximum atomic E-state index is 11.7. The van der Waals surface area contributed by atoms with E-state index in [1.54, 1.807) is 30.6 Å². The van der Waals surface area contributed by atoms with Crippen molar-refractivity contribution in [3.63, 3.8) is 0 Å². The van der Waals surface area contributed by atoms with Crippen LogP contribution in [0.4, 0.5) is 0 Å². The molecule has 0 aliphatic heterocycles. The molecule has 1 unspecified atom stereocenters. The lowest BCUT2D eigenvalue weighted by Gasteiger charge is -2.19. The minimum atomic E-state index is -3.20. The molecule has 0 radical (unpaired) electrons. The molecule has 0 aliphatic carbocycles. The fourth-order valence-corrected chi connectivity index (χ4v) is 2.86. The SMILES string of the molecule is CCCNC(c1cccnc1)c1cccc(S(C)(=O)=O)c1. The third-order valence-corrected chi connectivity index (χ3v) is 4.35. The second-order valence-electron chi connectivity index (χ2n) is 5.02. The smallest absolute Gasteiger partial charge is 0.175 e. The highest BCUT2D eigenvalue weighted by atomic mass is 32.2. The Morgan fingerprint density at radius 2 is 1.95 bits per heavy atom. The second-order valence-corrected chi connectivity index (χ2v) is 7.03. The van der Waals surface area contributed by atoms with E-state index in [4.69, 9.17) is 0 Å². The van der Waals surface area contributed by atoms with Gasteiger partial charge in [0.1, 0.15) is 0 Å². The van der Waals surface area contributed by atoms with Gasteiger partial charge in [-0.1, -0.05) is 25.1 Å². The van der Waals surface area contributed by atoms with Gasteiger partial charge in [-0.2, -0.15) is 0 Å². The Bertz CT molecular complexity index is 684. The van der Waals surface area contributed by atoms with Crippen molar-refractivity contribution in [2.45, 2.75) is 24.3 Å². The number of hydrogen-bond acceptors (Lipinski definition) is 4. The summed E-state index contributed by atoms with van der Waals surface area (Å²) in [5, 5.41) is 3.45. The van der Waals surface area contributed by atoms with E-state index in [0.29, 0.717) is 4.90 Å². The predicted molar refractivity (Wildman–Crippen MR) is 83.9 cm³/mol. The molecule has 0 spiro atoms. The van der Waals surface area contributed by atoms with Gasteiger partial charge >= 0.3 is 0 Å². The molecule has 0 saturated carbocycles. The van der Waals surface area contributed by atoms with Gasteiger partial charge in [0, 0.05) is 18.6 Å². The van der Waals surface area contributed by atoms with Gasteiger partial charge in [0.15, 0.2) is 9.84 Å². The number of aromatic nitrogens is 1. The molecular formula is C16H20N2O2S. The molecule has 0 amide bonds. The largest absolute Gasteiger partial charge is 0.306 e. The van der Waals surface area contributed by atoms with Crippen LogP contribution in [0, 0.1) is 0 Å². The fourth-order valence-electron chi connectivity index (χ4n) is 2.19. The number of hydrogen-bond donors (Lipinski definition) is 1. The van der Waals surface area contributed by atoms with E-state index in [9.17, 15) is 8.42 Å². The quantitative estimate of drug-likeness (QED) is 0.891. The van der Waals surface area contributed by atoms with E-state index in [2.05, 4.69) is 17.2 Å². The molecule has 112 valence electrons. The Kier molecular flexibility index (Phi) is 5.09. The first-order valence-corrected chi connectivity index (χ1v) is 8.85. The monoisotopic (exact) mass is 304 g/mol. The molecule has 0 bridgehead atoms. The van der Waals surface area contributed by atoms with Crippen LogP contribution in [0.2, 0.25) is 0 Å². The van der Waals surface area contributed by atoms with E-state index >= 15 is 0 Å². The third-order valence-electron chi connectivity index (χ3n) is 3.24. The summed E-state index contributed by atoms with van der Waals surface area (Å²) < 4.78 is 23.5. The molecule has 0 fully saturated rings. The summed E-state index contributed by atoms with van der Waals surface area (Å²) in [6.07, 6.45) is 5.76. The Hall–Kier alpha value is -1.72. The summed E-state index contributed by atoms with van der Waals surface area (Å²) in [4.78, 5) is 4.49. The lowest BCUT2D eigenvalue weighted by Crippen LogP contribution is -2.23. The molecule has 4 nitrogen and oxygen atoms in total. The molecule has 5 heteroatoms. The highest BCUT2D eigenvalue weighted by molar-refractivity contribution is 7.90. The maximum absolute atomic E-state index is 11.7. The molecule has 0 saturated heterocycles. The molecule has 0 aliphatic rings. The average Bonchev–Trinajstić information content (AvgIpc) is 2.48. The fraction of sp³-hybridized carbons (Fsp3) is 0.312. The second kappa shape index (κ2) is 6.83. The van der Waals surface area contributed by atoms with Crippen molar-refractivity contribution in [2.24, 2.45) is 0 Å². The summed E-state index contributed by atoms with van der Waals surface area (Å²) in [5.41, 5.74) is 1.95. The van der Waals surface area contributed by atoms with Gasteiger partial charge in [0.2, 0.25) is 0 Å². The van der Waals surface area contributed by atoms with E-state index in [1.807, 2.05) is 18.2 Å². The van der Waals surface area contributed by atoms with Crippen LogP contribution in [0.3, 0.4) is 0 Å². The molecule has 1 aromatic carbocycles. The summed E-state index contributed by atoms with van der Waals surface area (Å²) in [5.74, 6) is 0. The number of rotatable bonds is 6. The Labute approximate surface area is 126 Å². The maximum Gasteiger partial charge on any atom is 0.175 e. The number of nitrogens with one attached hydrogen (secondary N) is 1. The van der Waals surface area contributed by atoms with Crippen molar-refractivity contribution in [3.05, 3.63) is 59.9 Å². The van der Waals surface area contributed by atoms with Crippen LogP contribution >= 0.6 is 0 Å². The minimum absolute atomic E-state index is 0.0552. The van der Waals surface area contributed by atoms with Crippen LogP contribution in [0.25, 0.3) is 0 Å². The first-order chi connectivity index (χ1) is 10.0. The van der Waals surface area contributed by atoms with Gasteiger partial charge in [0.05, 0.1) is 10.9 Å². The lowest BCUT2D eigenvalue weighted by molar-refractivity contribution is 0.592. The zero-order valence-corrected chi connectivity index (χ0v) is 13.1. The van der Waals surface area contributed by atoms with Crippen LogP contribution in [0.1, 0.15) is 30.5 Å². The van der Waals surface area contributed by atoms with Gasteiger partial charge in [-0.25, -0.2) is 8.42 Å². The molecule has 1 heterocycles. The summed E-state index contributed by atoms with van der Waals surface area (Å²) in [6.45, 7) is 2.95. The minimum Gasteiger partial charge on any atom is -0.306 e. The third kappa shape index (κ3) is 4.12. The van der Waals surface area contributed by atoms with E-state index < -0.39 is 9.84 Å². The van der Waals surface area contributed by atoms with E-state index in [-0.39, 0.29) is 6.04 Å². The van der Waals surface area contributed by atoms with Gasteiger partial charge in [-0.05, 0) is 42.3 Å². The normalized spacial score (nSPS) is 13.0. The average molecular weight is 304 g/mol. The van der Waals surface area contributed by atoms with Crippen LogP contribution in [0.15, 0.2) is 53.7 Å². The topological polar surface area (TPSA) is 59.1 Å². The molecule has 2 rings (SSSR count). The lowest BCUT2D eigenvalue weighted by atomic mass is 10.00. The zero-order chi connectivity index (χ0) is 15.3. The van der Waals surface area contributed by atoms with Gasteiger partial charge in [0.25, 0.3) is 0 Å². The molecule has 1 atom stereocenters. The van der Waals surface area contributed by atoms with Crippen LogP contribution < -0.4 is 5.32 Å². The van der Waals surface area contributed by atoms with Crippen molar-refractivity contribution < 1.29 is 8.42 Å². The summed E-state index contributed by atoms with van der Waals surface area (Å²) in [7, 11) is -3.20. The first kappa shape index (κ1) is 15.7. The van der Waals surface area contributed by atoms with Crippen molar-refractivity contribution in [1.29, 1.82) is 0 Å². The number of sulfone groups is 1. The van der Waals surface area contributed by atoms with Gasteiger partial charge in [-0.3, -0.25) is 4.98 Å². The zero-order valence-electron chi connectivity index (χ0n) is 12.3. The van der Waals surface area contributed by atoms with Crippen LogP contribution in [-0.4, -0.2) is 26.2 Å². The Morgan fingerprint density at radius 1 is 1.19 bits per heavy atom. The summed E-state index contributed by atoms with van der Waals surface area (Å²) in [6, 6.07) is 10.9. The number of pyridine rings is 1. The Morgan fingerprint density at radius 3 is 2.57 bits per heavy atom. The molecule has 1 N–H and O–H groups in total. The highest BCUT2D eigenvalue weighted by Crippen LogP contribution is 2.23.